The lowest BCUT2D eigenvalue weighted by Crippen LogP contribution is -2.48. The van der Waals surface area contributed by atoms with Gasteiger partial charge in [0.2, 0.25) is 0 Å². The van der Waals surface area contributed by atoms with E-state index in [9.17, 15) is 23.7 Å². The average Bonchev–Trinajstić information content (AvgIpc) is 2.39. The molecule has 1 aliphatic rings. The summed E-state index contributed by atoms with van der Waals surface area (Å²) in [6, 6.07) is 0.996. The molecular weight excluding hydrogens is 286 g/mol. The minimum atomic E-state index is -1.36. The molecule has 0 aromatic heterocycles. The topological polar surface area (TPSA) is 72.7 Å². The van der Waals surface area contributed by atoms with E-state index in [0.717, 1.165) is 0 Å². The number of benzene rings is 1. The molecule has 1 aliphatic heterocycles. The van der Waals surface area contributed by atoms with Crippen LogP contribution in [-0.4, -0.2) is 41.0 Å². The normalized spacial score (nSPS) is 22.2. The van der Waals surface area contributed by atoms with E-state index in [0.29, 0.717) is 12.1 Å². The summed E-state index contributed by atoms with van der Waals surface area (Å²) in [4.78, 5) is 23.7. The van der Waals surface area contributed by atoms with Gasteiger partial charge in [0.25, 0.3) is 11.6 Å². The van der Waals surface area contributed by atoms with Gasteiger partial charge in [-0.2, -0.15) is 0 Å². The predicted octanol–water partition coefficient (Wildman–Crippen LogP) is 2.12. The lowest BCUT2D eigenvalue weighted by Gasteiger charge is -2.35. The summed E-state index contributed by atoms with van der Waals surface area (Å²) in [7, 11) is 0. The second-order valence-electron chi connectivity index (χ2n) is 5.01. The van der Waals surface area contributed by atoms with Crippen LogP contribution in [0.15, 0.2) is 12.1 Å². The van der Waals surface area contributed by atoms with Gasteiger partial charge in [0, 0.05) is 13.1 Å². The summed E-state index contributed by atoms with van der Waals surface area (Å²) in [5.74, 6) is -3.36. The van der Waals surface area contributed by atoms with E-state index >= 15 is 0 Å². The van der Waals surface area contributed by atoms with Gasteiger partial charge >= 0.3 is 0 Å². The van der Waals surface area contributed by atoms with E-state index in [4.69, 9.17) is 4.74 Å². The zero-order valence-corrected chi connectivity index (χ0v) is 11.5. The van der Waals surface area contributed by atoms with Gasteiger partial charge in [0.15, 0.2) is 11.6 Å². The Kier molecular flexibility index (Phi) is 4.17. The van der Waals surface area contributed by atoms with E-state index in [1.54, 1.807) is 13.8 Å². The van der Waals surface area contributed by atoms with Crippen molar-refractivity contribution in [3.63, 3.8) is 0 Å². The molecule has 8 heteroatoms. The number of nitro groups is 1. The fourth-order valence-corrected chi connectivity index (χ4v) is 2.37. The molecule has 1 aromatic rings. The number of hydrogen-bond donors (Lipinski definition) is 0. The fraction of sp³-hybridized carbons (Fsp3) is 0.462. The van der Waals surface area contributed by atoms with Gasteiger partial charge < -0.3 is 9.64 Å². The Balaban J connectivity index is 2.38. The second kappa shape index (κ2) is 5.72. The molecule has 0 spiro atoms. The van der Waals surface area contributed by atoms with E-state index in [1.807, 2.05) is 0 Å². The molecule has 0 aliphatic carbocycles. The molecule has 6 nitrogen and oxygen atoms in total. The summed E-state index contributed by atoms with van der Waals surface area (Å²) in [5, 5.41) is 10.9. The molecule has 0 N–H and O–H groups in total. The number of ether oxygens (including phenoxy) is 1. The van der Waals surface area contributed by atoms with Crippen LogP contribution in [-0.2, 0) is 4.74 Å². The largest absolute Gasteiger partial charge is 0.372 e. The van der Waals surface area contributed by atoms with Crippen LogP contribution in [0.1, 0.15) is 24.2 Å². The number of carbonyl (C=O) groups is 1. The first-order chi connectivity index (χ1) is 9.79. The van der Waals surface area contributed by atoms with Crippen molar-refractivity contribution in [1.29, 1.82) is 0 Å². The maximum absolute atomic E-state index is 13.3. The molecule has 0 saturated carbocycles. The Morgan fingerprint density at radius 1 is 1.29 bits per heavy atom. The monoisotopic (exact) mass is 300 g/mol. The maximum atomic E-state index is 13.3. The van der Waals surface area contributed by atoms with Crippen molar-refractivity contribution in [1.82, 2.24) is 4.90 Å². The van der Waals surface area contributed by atoms with Crippen molar-refractivity contribution >= 4 is 11.6 Å². The Labute approximate surface area is 119 Å². The molecule has 0 radical (unpaired) electrons. The number of morpholine rings is 1. The predicted molar refractivity (Wildman–Crippen MR) is 68.9 cm³/mol. The number of hydrogen-bond acceptors (Lipinski definition) is 4. The van der Waals surface area contributed by atoms with E-state index in [2.05, 4.69) is 0 Å². The van der Waals surface area contributed by atoms with E-state index < -0.39 is 33.7 Å². The van der Waals surface area contributed by atoms with Gasteiger partial charge in [-0.25, -0.2) is 8.78 Å². The number of rotatable bonds is 2. The molecule has 0 unspecified atom stereocenters. The Morgan fingerprint density at radius 2 is 1.81 bits per heavy atom. The number of carbonyl (C=O) groups excluding carboxylic acids is 1. The Hall–Kier alpha value is -2.09. The molecular formula is C13H14F2N2O4. The van der Waals surface area contributed by atoms with Crippen LogP contribution in [0.25, 0.3) is 0 Å². The summed E-state index contributed by atoms with van der Waals surface area (Å²) in [5.41, 5.74) is -1.20. The summed E-state index contributed by atoms with van der Waals surface area (Å²) in [6.07, 6.45) is -0.468. The molecule has 1 aromatic carbocycles. The number of nitro benzene ring substituents is 1. The van der Waals surface area contributed by atoms with Crippen molar-refractivity contribution in [2.45, 2.75) is 26.1 Å². The highest BCUT2D eigenvalue weighted by Crippen LogP contribution is 2.25. The van der Waals surface area contributed by atoms with Gasteiger partial charge in [0.1, 0.15) is 5.56 Å². The van der Waals surface area contributed by atoms with Crippen molar-refractivity contribution in [2.24, 2.45) is 0 Å². The maximum Gasteiger partial charge on any atom is 0.285 e. The zero-order chi connectivity index (χ0) is 15.7. The smallest absolute Gasteiger partial charge is 0.285 e. The first-order valence-electron chi connectivity index (χ1n) is 6.37. The number of nitrogens with zero attached hydrogens (tertiary/aromatic N) is 2. The molecule has 1 fully saturated rings. The first kappa shape index (κ1) is 15.3. The second-order valence-corrected chi connectivity index (χ2v) is 5.01. The molecule has 114 valence electrons. The van der Waals surface area contributed by atoms with Crippen LogP contribution in [0.3, 0.4) is 0 Å². The van der Waals surface area contributed by atoms with Gasteiger partial charge in [-0.1, -0.05) is 0 Å². The summed E-state index contributed by atoms with van der Waals surface area (Å²) >= 11 is 0. The molecule has 2 rings (SSSR count). The van der Waals surface area contributed by atoms with Crippen LogP contribution < -0.4 is 0 Å². The first-order valence-corrected chi connectivity index (χ1v) is 6.37. The lowest BCUT2D eigenvalue weighted by molar-refractivity contribution is -0.385. The number of amides is 1. The summed E-state index contributed by atoms with van der Waals surface area (Å²) < 4.78 is 31.9. The third kappa shape index (κ3) is 3.15. The fourth-order valence-electron chi connectivity index (χ4n) is 2.37. The third-order valence-corrected chi connectivity index (χ3v) is 3.17. The average molecular weight is 300 g/mol. The molecule has 1 saturated heterocycles. The molecule has 1 heterocycles. The SMILES string of the molecule is C[C@@H]1CN(C(=O)c2cc(F)c(F)cc2[N+](=O)[O-])C[C@H](C)O1. The zero-order valence-electron chi connectivity index (χ0n) is 11.5. The van der Waals surface area contributed by atoms with Crippen LogP contribution in [0, 0.1) is 21.7 Å². The highest BCUT2D eigenvalue weighted by molar-refractivity contribution is 5.98. The van der Waals surface area contributed by atoms with Crippen molar-refractivity contribution in [3.05, 3.63) is 39.4 Å². The van der Waals surface area contributed by atoms with Crippen LogP contribution in [0.5, 0.6) is 0 Å². The summed E-state index contributed by atoms with van der Waals surface area (Å²) in [6.45, 7) is 3.99. The highest BCUT2D eigenvalue weighted by Gasteiger charge is 2.31. The van der Waals surface area contributed by atoms with Crippen molar-refractivity contribution in [3.8, 4) is 0 Å². The van der Waals surface area contributed by atoms with E-state index in [-0.39, 0.29) is 25.3 Å². The minimum absolute atomic E-state index is 0.234. The quantitative estimate of drug-likeness (QED) is 0.619. The van der Waals surface area contributed by atoms with Gasteiger partial charge in [-0.3, -0.25) is 14.9 Å². The Morgan fingerprint density at radius 3 is 2.33 bits per heavy atom. The highest BCUT2D eigenvalue weighted by atomic mass is 19.2. The molecule has 0 bridgehead atoms. The van der Waals surface area contributed by atoms with Gasteiger partial charge in [0.05, 0.1) is 23.2 Å². The standard InChI is InChI=1S/C13H14F2N2O4/c1-7-5-16(6-8(2)21-7)13(18)9-3-10(14)11(15)4-12(9)17(19)20/h3-4,7-8H,5-6H2,1-2H3/t7-,8+. The lowest BCUT2D eigenvalue weighted by atomic mass is 10.1. The molecule has 1 amide bonds. The third-order valence-electron chi connectivity index (χ3n) is 3.17. The molecule has 21 heavy (non-hydrogen) atoms. The van der Waals surface area contributed by atoms with E-state index in [1.165, 1.54) is 4.90 Å². The van der Waals surface area contributed by atoms with Crippen molar-refractivity contribution < 1.29 is 23.2 Å². The van der Waals surface area contributed by atoms with Gasteiger partial charge in [-0.05, 0) is 19.9 Å². The number of halogens is 2. The van der Waals surface area contributed by atoms with Crippen LogP contribution >= 0.6 is 0 Å². The van der Waals surface area contributed by atoms with Crippen molar-refractivity contribution in [2.75, 3.05) is 13.1 Å². The van der Waals surface area contributed by atoms with Crippen LogP contribution in [0.4, 0.5) is 14.5 Å². The Bertz CT molecular complexity index is 584. The minimum Gasteiger partial charge on any atom is -0.372 e. The molecule has 2 atom stereocenters. The van der Waals surface area contributed by atoms with Gasteiger partial charge in [-0.15, -0.1) is 0 Å². The van der Waals surface area contributed by atoms with Crippen LogP contribution in [0.2, 0.25) is 0 Å².